The predicted molar refractivity (Wildman–Crippen MR) is 62.7 cm³/mol. The highest BCUT2D eigenvalue weighted by Gasteiger charge is 2.02. The van der Waals surface area contributed by atoms with E-state index in [-0.39, 0.29) is 5.75 Å². The number of primary sulfonamides is 1. The number of rotatable bonds is 6. The van der Waals surface area contributed by atoms with Crippen LogP contribution in [0.3, 0.4) is 0 Å². The largest absolute Gasteiger partial charge is 0.372 e. The number of anilines is 2. The first-order chi connectivity index (χ1) is 7.51. The van der Waals surface area contributed by atoms with Crippen LogP contribution in [-0.4, -0.2) is 37.7 Å². The average molecular weight is 245 g/mol. The number of nitrogens with one attached hydrogen (secondary N) is 2. The molecule has 0 fully saturated rings. The highest BCUT2D eigenvalue weighted by atomic mass is 32.2. The first-order valence-electron chi connectivity index (χ1n) is 4.75. The average Bonchev–Trinajstić information content (AvgIpc) is 2.23. The van der Waals surface area contributed by atoms with Crippen LogP contribution in [0.15, 0.2) is 12.4 Å². The van der Waals surface area contributed by atoms with Crippen LogP contribution in [0.4, 0.5) is 11.6 Å². The molecule has 1 aromatic rings. The van der Waals surface area contributed by atoms with Crippen LogP contribution in [0, 0.1) is 0 Å². The van der Waals surface area contributed by atoms with E-state index in [0.717, 1.165) is 0 Å². The summed E-state index contributed by atoms with van der Waals surface area (Å²) in [6.07, 6.45) is 3.59. The molecule has 0 atom stereocenters. The van der Waals surface area contributed by atoms with Crippen LogP contribution < -0.4 is 15.8 Å². The molecule has 0 unspecified atom stereocenters. The molecule has 0 bridgehead atoms. The van der Waals surface area contributed by atoms with E-state index in [2.05, 4.69) is 20.6 Å². The van der Waals surface area contributed by atoms with E-state index in [1.807, 2.05) is 0 Å². The van der Waals surface area contributed by atoms with E-state index >= 15 is 0 Å². The maximum Gasteiger partial charge on any atom is 0.209 e. The zero-order valence-electron chi connectivity index (χ0n) is 8.97. The maximum atomic E-state index is 10.7. The van der Waals surface area contributed by atoms with Gasteiger partial charge in [-0.1, -0.05) is 0 Å². The van der Waals surface area contributed by atoms with E-state index in [9.17, 15) is 8.42 Å². The third-order valence-corrected chi connectivity index (χ3v) is 2.66. The molecule has 1 heterocycles. The van der Waals surface area contributed by atoms with Gasteiger partial charge in [-0.3, -0.25) is 4.98 Å². The van der Waals surface area contributed by atoms with Gasteiger partial charge in [0.05, 0.1) is 18.1 Å². The van der Waals surface area contributed by atoms with E-state index in [1.165, 1.54) is 0 Å². The van der Waals surface area contributed by atoms with Crippen LogP contribution in [0.5, 0.6) is 0 Å². The molecule has 4 N–H and O–H groups in total. The Bertz CT molecular complexity index is 434. The summed E-state index contributed by atoms with van der Waals surface area (Å²) in [5, 5.41) is 10.7. The highest BCUT2D eigenvalue weighted by molar-refractivity contribution is 7.89. The minimum Gasteiger partial charge on any atom is -0.372 e. The number of nitrogens with two attached hydrogens (primary N) is 1. The molecule has 1 aromatic heterocycles. The fourth-order valence-corrected chi connectivity index (χ4v) is 1.61. The van der Waals surface area contributed by atoms with Gasteiger partial charge in [0.2, 0.25) is 10.0 Å². The molecule has 8 heteroatoms. The lowest BCUT2D eigenvalue weighted by Gasteiger charge is -2.05. The van der Waals surface area contributed by atoms with E-state index in [0.29, 0.717) is 24.6 Å². The molecular weight excluding hydrogens is 230 g/mol. The number of nitrogens with zero attached hydrogens (tertiary/aromatic N) is 2. The smallest absolute Gasteiger partial charge is 0.209 e. The minimum absolute atomic E-state index is 0.0425. The number of hydrogen-bond donors (Lipinski definition) is 3. The highest BCUT2D eigenvalue weighted by Crippen LogP contribution is 2.05. The van der Waals surface area contributed by atoms with E-state index < -0.39 is 10.0 Å². The first kappa shape index (κ1) is 12.7. The summed E-state index contributed by atoms with van der Waals surface area (Å²) in [6, 6.07) is 0. The molecule has 1 rings (SSSR count). The molecule has 0 saturated carbocycles. The summed E-state index contributed by atoms with van der Waals surface area (Å²) in [4.78, 5) is 8.11. The number of aromatic nitrogens is 2. The summed E-state index contributed by atoms with van der Waals surface area (Å²) in [6.45, 7) is 0.484. The standard InChI is InChI=1S/C8H15N5O2S/c1-10-7-5-11-6-8(13-7)12-3-2-4-16(9,14)15/h5-6H,2-4H2,1H3,(H2,9,14,15)(H2,10,12,13). The number of sulfonamides is 1. The van der Waals surface area contributed by atoms with Gasteiger partial charge in [0, 0.05) is 13.6 Å². The lowest BCUT2D eigenvalue weighted by atomic mass is 10.5. The van der Waals surface area contributed by atoms with Gasteiger partial charge in [0.25, 0.3) is 0 Å². The molecule has 0 spiro atoms. The van der Waals surface area contributed by atoms with Crippen molar-refractivity contribution >= 4 is 21.7 Å². The SMILES string of the molecule is CNc1cncc(NCCCS(N)(=O)=O)n1. The van der Waals surface area contributed by atoms with Crippen molar-refractivity contribution in [1.29, 1.82) is 0 Å². The molecule has 0 aliphatic heterocycles. The van der Waals surface area contributed by atoms with Crippen molar-refractivity contribution in [2.45, 2.75) is 6.42 Å². The predicted octanol–water partition coefficient (Wildman–Crippen LogP) is -0.391. The van der Waals surface area contributed by atoms with Crippen molar-refractivity contribution in [3.05, 3.63) is 12.4 Å². The van der Waals surface area contributed by atoms with Crippen LogP contribution in [0.1, 0.15) is 6.42 Å². The Morgan fingerprint density at radius 3 is 2.69 bits per heavy atom. The fourth-order valence-electron chi connectivity index (χ4n) is 1.06. The summed E-state index contributed by atoms with van der Waals surface area (Å²) in [5.41, 5.74) is 0. The fraction of sp³-hybridized carbons (Fsp3) is 0.500. The van der Waals surface area contributed by atoms with Gasteiger partial charge >= 0.3 is 0 Å². The second kappa shape index (κ2) is 5.61. The Morgan fingerprint density at radius 2 is 2.06 bits per heavy atom. The Kier molecular flexibility index (Phi) is 4.44. The molecule has 0 aromatic carbocycles. The second-order valence-corrected chi connectivity index (χ2v) is 4.92. The molecule has 90 valence electrons. The number of hydrogen-bond acceptors (Lipinski definition) is 6. The zero-order chi connectivity index (χ0) is 12.0. The molecule has 0 radical (unpaired) electrons. The lowest BCUT2D eigenvalue weighted by Crippen LogP contribution is -2.19. The summed E-state index contributed by atoms with van der Waals surface area (Å²) < 4.78 is 21.3. The summed E-state index contributed by atoms with van der Waals surface area (Å²) >= 11 is 0. The summed E-state index contributed by atoms with van der Waals surface area (Å²) in [7, 11) is -1.63. The molecular formula is C8H15N5O2S. The van der Waals surface area contributed by atoms with Gasteiger partial charge in [-0.2, -0.15) is 0 Å². The lowest BCUT2D eigenvalue weighted by molar-refractivity contribution is 0.595. The van der Waals surface area contributed by atoms with Gasteiger partial charge in [0.1, 0.15) is 11.6 Å². The zero-order valence-corrected chi connectivity index (χ0v) is 9.79. The Balaban J connectivity index is 2.37. The van der Waals surface area contributed by atoms with Gasteiger partial charge in [-0.15, -0.1) is 0 Å². The van der Waals surface area contributed by atoms with Crippen LogP contribution in [0.2, 0.25) is 0 Å². The van der Waals surface area contributed by atoms with Gasteiger partial charge in [0.15, 0.2) is 0 Å². The van der Waals surface area contributed by atoms with Crippen molar-refractivity contribution < 1.29 is 8.42 Å². The Labute approximate surface area is 94.5 Å². The van der Waals surface area contributed by atoms with Gasteiger partial charge in [-0.25, -0.2) is 18.5 Å². The van der Waals surface area contributed by atoms with Crippen molar-refractivity contribution in [1.82, 2.24) is 9.97 Å². The van der Waals surface area contributed by atoms with Crippen LogP contribution in [0.25, 0.3) is 0 Å². The van der Waals surface area contributed by atoms with Crippen molar-refractivity contribution in [2.24, 2.45) is 5.14 Å². The summed E-state index contributed by atoms with van der Waals surface area (Å²) in [5.74, 6) is 1.21. The van der Waals surface area contributed by atoms with Gasteiger partial charge < -0.3 is 10.6 Å². The minimum atomic E-state index is -3.38. The topological polar surface area (TPSA) is 110 Å². The molecule has 0 aliphatic carbocycles. The third-order valence-electron chi connectivity index (χ3n) is 1.80. The molecule has 0 aliphatic rings. The molecule has 7 nitrogen and oxygen atoms in total. The second-order valence-electron chi connectivity index (χ2n) is 3.19. The molecule has 0 amide bonds. The molecule has 16 heavy (non-hydrogen) atoms. The normalized spacial score (nSPS) is 11.1. The third kappa shape index (κ3) is 4.89. The van der Waals surface area contributed by atoms with Gasteiger partial charge in [-0.05, 0) is 6.42 Å². The van der Waals surface area contributed by atoms with Crippen molar-refractivity contribution in [2.75, 3.05) is 30.0 Å². The Hall–Kier alpha value is -1.41. The van der Waals surface area contributed by atoms with E-state index in [1.54, 1.807) is 19.4 Å². The molecule has 0 saturated heterocycles. The van der Waals surface area contributed by atoms with Crippen molar-refractivity contribution in [3.8, 4) is 0 Å². The Morgan fingerprint density at radius 1 is 1.38 bits per heavy atom. The van der Waals surface area contributed by atoms with E-state index in [4.69, 9.17) is 5.14 Å². The maximum absolute atomic E-state index is 10.7. The monoisotopic (exact) mass is 245 g/mol. The quantitative estimate of drug-likeness (QED) is 0.589. The first-order valence-corrected chi connectivity index (χ1v) is 6.47. The van der Waals surface area contributed by atoms with Crippen LogP contribution >= 0.6 is 0 Å². The van der Waals surface area contributed by atoms with Crippen molar-refractivity contribution in [3.63, 3.8) is 0 Å². The van der Waals surface area contributed by atoms with Crippen LogP contribution in [-0.2, 0) is 10.0 Å².